The molecule has 0 bridgehead atoms. The Kier molecular flexibility index (Phi) is 5.13. The number of aromatic carboxylic acids is 1. The number of carboxylic acid groups (broad SMARTS) is 1. The van der Waals surface area contributed by atoms with Gasteiger partial charge in [-0.15, -0.1) is 0 Å². The number of pyridine rings is 1. The smallest absolute Gasteiger partial charge is 0.354 e. The van der Waals surface area contributed by atoms with Gasteiger partial charge in [-0.05, 0) is 37.8 Å². The summed E-state index contributed by atoms with van der Waals surface area (Å²) in [4.78, 5) is 20.0. The molecular weight excluding hydrogens is 294 g/mol. The van der Waals surface area contributed by atoms with E-state index in [0.717, 1.165) is 58.1 Å². The molecule has 2 fully saturated rings. The van der Waals surface area contributed by atoms with Gasteiger partial charge in [-0.2, -0.15) is 0 Å². The van der Waals surface area contributed by atoms with Crippen LogP contribution in [0.5, 0.6) is 0 Å². The van der Waals surface area contributed by atoms with Crippen LogP contribution in [0.15, 0.2) is 18.2 Å². The summed E-state index contributed by atoms with van der Waals surface area (Å²) < 4.78 is 5.44. The van der Waals surface area contributed by atoms with E-state index < -0.39 is 5.97 Å². The van der Waals surface area contributed by atoms with E-state index >= 15 is 0 Å². The lowest BCUT2D eigenvalue weighted by Gasteiger charge is -2.41. The third-order valence-corrected chi connectivity index (χ3v) is 5.12. The highest BCUT2D eigenvalue weighted by Crippen LogP contribution is 2.27. The van der Waals surface area contributed by atoms with Crippen LogP contribution in [0.1, 0.15) is 30.3 Å². The van der Waals surface area contributed by atoms with Crippen molar-refractivity contribution in [2.45, 2.75) is 25.8 Å². The predicted molar refractivity (Wildman–Crippen MR) is 88.0 cm³/mol. The van der Waals surface area contributed by atoms with E-state index in [9.17, 15) is 4.79 Å². The van der Waals surface area contributed by atoms with Gasteiger partial charge in [0.25, 0.3) is 0 Å². The highest BCUT2D eigenvalue weighted by molar-refractivity contribution is 5.85. The first-order chi connectivity index (χ1) is 11.1. The predicted octanol–water partition coefficient (Wildman–Crippen LogP) is 1.72. The first kappa shape index (κ1) is 16.2. The van der Waals surface area contributed by atoms with E-state index in [2.05, 4.69) is 21.7 Å². The van der Waals surface area contributed by atoms with Crippen LogP contribution in [0.4, 0.5) is 5.82 Å². The summed E-state index contributed by atoms with van der Waals surface area (Å²) in [5.74, 6) is 0.497. The molecule has 3 rings (SSSR count). The molecule has 2 aliphatic heterocycles. The molecule has 126 valence electrons. The Morgan fingerprint density at radius 3 is 2.61 bits per heavy atom. The molecule has 2 saturated heterocycles. The molecule has 6 nitrogen and oxygen atoms in total. The molecule has 0 aliphatic carbocycles. The summed E-state index contributed by atoms with van der Waals surface area (Å²) in [5, 5.41) is 9.07. The summed E-state index contributed by atoms with van der Waals surface area (Å²) in [6.45, 7) is 7.96. The Hall–Kier alpha value is -1.66. The summed E-state index contributed by atoms with van der Waals surface area (Å²) in [5.41, 5.74) is 0.117. The second kappa shape index (κ2) is 7.27. The Morgan fingerprint density at radius 1 is 1.26 bits per heavy atom. The number of carboxylic acids is 1. The fraction of sp³-hybridized carbons (Fsp3) is 0.647. The lowest BCUT2D eigenvalue weighted by atomic mass is 9.89. The van der Waals surface area contributed by atoms with Crippen LogP contribution >= 0.6 is 0 Å². The summed E-state index contributed by atoms with van der Waals surface area (Å²) in [7, 11) is 0. The van der Waals surface area contributed by atoms with E-state index in [-0.39, 0.29) is 5.69 Å². The van der Waals surface area contributed by atoms with Crippen molar-refractivity contribution in [2.75, 3.05) is 44.3 Å². The minimum absolute atomic E-state index is 0.117. The van der Waals surface area contributed by atoms with Gasteiger partial charge in [0.05, 0.1) is 13.2 Å². The maximum Gasteiger partial charge on any atom is 0.354 e. The fourth-order valence-corrected chi connectivity index (χ4v) is 3.61. The number of ether oxygens (including phenoxy) is 1. The molecule has 23 heavy (non-hydrogen) atoms. The first-order valence-electron chi connectivity index (χ1n) is 8.42. The summed E-state index contributed by atoms with van der Waals surface area (Å²) in [6.07, 6.45) is 2.25. The molecule has 2 aliphatic rings. The van der Waals surface area contributed by atoms with Crippen molar-refractivity contribution < 1.29 is 14.6 Å². The number of piperidine rings is 1. The minimum atomic E-state index is -0.970. The van der Waals surface area contributed by atoms with E-state index in [1.165, 1.54) is 0 Å². The van der Waals surface area contributed by atoms with E-state index in [0.29, 0.717) is 12.0 Å². The lowest BCUT2D eigenvalue weighted by Crippen LogP contribution is -2.48. The number of rotatable bonds is 4. The zero-order valence-corrected chi connectivity index (χ0v) is 13.6. The normalized spacial score (nSPS) is 22.0. The largest absolute Gasteiger partial charge is 0.477 e. The highest BCUT2D eigenvalue weighted by Gasteiger charge is 2.29. The first-order valence-corrected chi connectivity index (χ1v) is 8.42. The molecule has 0 amide bonds. The van der Waals surface area contributed by atoms with Crippen LogP contribution in [0.2, 0.25) is 0 Å². The van der Waals surface area contributed by atoms with Crippen LogP contribution in [0.3, 0.4) is 0 Å². The van der Waals surface area contributed by atoms with Gasteiger partial charge in [-0.3, -0.25) is 4.90 Å². The van der Waals surface area contributed by atoms with Gasteiger partial charge in [-0.1, -0.05) is 6.07 Å². The number of nitrogens with zero attached hydrogens (tertiary/aromatic N) is 3. The molecule has 6 heteroatoms. The Labute approximate surface area is 137 Å². The lowest BCUT2D eigenvalue weighted by molar-refractivity contribution is 0.00447. The molecule has 3 heterocycles. The molecule has 1 aromatic heterocycles. The fourth-order valence-electron chi connectivity index (χ4n) is 3.61. The van der Waals surface area contributed by atoms with Crippen LogP contribution in [-0.4, -0.2) is 66.4 Å². The molecule has 0 saturated carbocycles. The van der Waals surface area contributed by atoms with Crippen molar-refractivity contribution in [3.8, 4) is 0 Å². The molecule has 0 radical (unpaired) electrons. The molecule has 1 atom stereocenters. The van der Waals surface area contributed by atoms with Gasteiger partial charge in [0.1, 0.15) is 5.82 Å². The van der Waals surface area contributed by atoms with Crippen molar-refractivity contribution in [3.05, 3.63) is 23.9 Å². The van der Waals surface area contributed by atoms with E-state index in [1.54, 1.807) is 12.1 Å². The van der Waals surface area contributed by atoms with Gasteiger partial charge in [-0.25, -0.2) is 9.78 Å². The third kappa shape index (κ3) is 3.82. The van der Waals surface area contributed by atoms with Gasteiger partial charge >= 0.3 is 5.97 Å². The Morgan fingerprint density at radius 2 is 1.96 bits per heavy atom. The minimum Gasteiger partial charge on any atom is -0.477 e. The molecule has 0 spiro atoms. The van der Waals surface area contributed by atoms with E-state index in [1.807, 2.05) is 6.07 Å². The van der Waals surface area contributed by atoms with Crippen LogP contribution in [-0.2, 0) is 4.74 Å². The highest BCUT2D eigenvalue weighted by atomic mass is 16.5. The molecule has 1 aromatic rings. The molecule has 0 unspecified atom stereocenters. The zero-order chi connectivity index (χ0) is 16.2. The van der Waals surface area contributed by atoms with Gasteiger partial charge in [0.2, 0.25) is 0 Å². The van der Waals surface area contributed by atoms with Crippen molar-refractivity contribution >= 4 is 11.8 Å². The van der Waals surface area contributed by atoms with Gasteiger partial charge in [0.15, 0.2) is 5.69 Å². The second-order valence-electron chi connectivity index (χ2n) is 6.40. The van der Waals surface area contributed by atoms with Gasteiger partial charge in [0, 0.05) is 32.2 Å². The molecule has 0 aromatic carbocycles. The maximum atomic E-state index is 11.1. The SMILES string of the molecule is C[C@@H](C1CCN(c2cccc(C(=O)O)n2)CC1)N1CCOCC1. The topological polar surface area (TPSA) is 65.9 Å². The maximum absolute atomic E-state index is 11.1. The standard InChI is InChI=1S/C17H25N3O3/c1-13(19-9-11-23-12-10-19)14-5-7-20(8-6-14)16-4-2-3-15(18-16)17(21)22/h2-4,13-14H,5-12H2,1H3,(H,21,22)/t13-/m0/s1. The Bertz CT molecular complexity index is 538. The number of aromatic nitrogens is 1. The van der Waals surface area contributed by atoms with Crippen molar-refractivity contribution in [2.24, 2.45) is 5.92 Å². The molecular formula is C17H25N3O3. The monoisotopic (exact) mass is 319 g/mol. The second-order valence-corrected chi connectivity index (χ2v) is 6.40. The molecule has 1 N–H and O–H groups in total. The van der Waals surface area contributed by atoms with Crippen molar-refractivity contribution in [3.63, 3.8) is 0 Å². The summed E-state index contributed by atoms with van der Waals surface area (Å²) >= 11 is 0. The number of hydrogen-bond acceptors (Lipinski definition) is 5. The van der Waals surface area contributed by atoms with Crippen LogP contribution in [0.25, 0.3) is 0 Å². The van der Waals surface area contributed by atoms with Crippen molar-refractivity contribution in [1.29, 1.82) is 0 Å². The average Bonchev–Trinajstić information content (AvgIpc) is 2.62. The van der Waals surface area contributed by atoms with Crippen LogP contribution in [0, 0.1) is 5.92 Å². The van der Waals surface area contributed by atoms with Crippen LogP contribution < -0.4 is 4.90 Å². The number of morpholine rings is 1. The number of hydrogen-bond donors (Lipinski definition) is 1. The number of carbonyl (C=O) groups is 1. The Balaban J connectivity index is 1.57. The number of anilines is 1. The summed E-state index contributed by atoms with van der Waals surface area (Å²) in [6, 6.07) is 5.80. The van der Waals surface area contributed by atoms with Gasteiger partial charge < -0.3 is 14.7 Å². The third-order valence-electron chi connectivity index (χ3n) is 5.12. The van der Waals surface area contributed by atoms with Crippen molar-refractivity contribution in [1.82, 2.24) is 9.88 Å². The van der Waals surface area contributed by atoms with E-state index in [4.69, 9.17) is 9.84 Å². The average molecular weight is 319 g/mol. The zero-order valence-electron chi connectivity index (χ0n) is 13.6. The quantitative estimate of drug-likeness (QED) is 0.911.